The first kappa shape index (κ1) is 17.4. The van der Waals surface area contributed by atoms with Crippen LogP contribution in [0.25, 0.3) is 10.9 Å². The molecule has 1 heterocycles. The largest absolute Gasteiger partial charge is 0.497 e. The maximum atomic E-state index is 5.25. The second-order valence-corrected chi connectivity index (χ2v) is 5.46. The van der Waals surface area contributed by atoms with E-state index in [-0.39, 0.29) is 12.4 Å². The van der Waals surface area contributed by atoms with E-state index in [1.807, 2.05) is 12.1 Å². The van der Waals surface area contributed by atoms with Crippen LogP contribution in [0.15, 0.2) is 54.7 Å². The van der Waals surface area contributed by atoms with Gasteiger partial charge in [-0.25, -0.2) is 0 Å². The number of rotatable bonds is 7. The molecule has 4 heteroatoms. The summed E-state index contributed by atoms with van der Waals surface area (Å²) in [5.74, 6) is 0.927. The summed E-state index contributed by atoms with van der Waals surface area (Å²) in [6, 6.07) is 16.7. The number of H-pyrrole nitrogens is 1. The molecule has 0 spiro atoms. The number of halogens is 1. The predicted octanol–water partition coefficient (Wildman–Crippen LogP) is 3.97. The van der Waals surface area contributed by atoms with Crippen LogP contribution in [-0.2, 0) is 12.8 Å². The highest BCUT2D eigenvalue weighted by Gasteiger charge is 2.02. The molecule has 122 valence electrons. The van der Waals surface area contributed by atoms with Crippen LogP contribution in [0.1, 0.15) is 11.1 Å². The van der Waals surface area contributed by atoms with E-state index < -0.39 is 0 Å². The van der Waals surface area contributed by atoms with E-state index in [1.165, 1.54) is 22.0 Å². The molecule has 0 radical (unpaired) electrons. The molecule has 2 aromatic carbocycles. The van der Waals surface area contributed by atoms with Crippen molar-refractivity contribution in [3.63, 3.8) is 0 Å². The van der Waals surface area contributed by atoms with Crippen molar-refractivity contribution in [2.45, 2.75) is 12.8 Å². The molecule has 0 fully saturated rings. The van der Waals surface area contributed by atoms with E-state index in [2.05, 4.69) is 52.9 Å². The van der Waals surface area contributed by atoms with E-state index in [1.54, 1.807) is 7.11 Å². The molecule has 0 aliphatic carbocycles. The summed E-state index contributed by atoms with van der Waals surface area (Å²) in [6.45, 7) is 1.97. The number of hydrogen-bond acceptors (Lipinski definition) is 2. The average Bonchev–Trinajstić information content (AvgIpc) is 2.98. The van der Waals surface area contributed by atoms with Gasteiger partial charge in [-0.3, -0.25) is 0 Å². The lowest BCUT2D eigenvalue weighted by Gasteiger charge is -2.06. The number of aromatic amines is 1. The minimum absolute atomic E-state index is 0. The Morgan fingerprint density at radius 3 is 2.70 bits per heavy atom. The zero-order chi connectivity index (χ0) is 15.2. The second kappa shape index (κ2) is 8.61. The molecule has 0 unspecified atom stereocenters. The number of aromatic nitrogens is 1. The molecule has 0 aliphatic rings. The quantitative estimate of drug-likeness (QED) is 0.643. The fraction of sp³-hybridized carbons (Fsp3) is 0.263. The van der Waals surface area contributed by atoms with Crippen LogP contribution in [-0.4, -0.2) is 25.2 Å². The number of nitrogens with one attached hydrogen (secondary N) is 2. The van der Waals surface area contributed by atoms with Crippen molar-refractivity contribution in [1.29, 1.82) is 0 Å². The highest BCUT2D eigenvalue weighted by Crippen LogP contribution is 2.17. The fourth-order valence-corrected chi connectivity index (χ4v) is 2.75. The van der Waals surface area contributed by atoms with Crippen molar-refractivity contribution in [1.82, 2.24) is 10.3 Å². The lowest BCUT2D eigenvalue weighted by atomic mass is 10.1. The minimum Gasteiger partial charge on any atom is -0.497 e. The summed E-state index contributed by atoms with van der Waals surface area (Å²) >= 11 is 0. The number of benzene rings is 2. The average molecular weight is 331 g/mol. The third-order valence-electron chi connectivity index (χ3n) is 3.97. The number of methoxy groups -OCH3 is 1. The number of fused-ring (bicyclic) bond motifs is 1. The summed E-state index contributed by atoms with van der Waals surface area (Å²) in [7, 11) is 1.71. The standard InChI is InChI=1S/C19H22N2O.ClH/c1-22-17-6-4-5-15(13-17)9-11-20-12-10-16-14-21-19-8-3-2-7-18(16)19;/h2-8,13-14,20-21H,9-12H2,1H3;1H. The summed E-state index contributed by atoms with van der Waals surface area (Å²) in [5, 5.41) is 4.85. The van der Waals surface area contributed by atoms with Crippen LogP contribution >= 0.6 is 12.4 Å². The Kier molecular flexibility index (Phi) is 6.51. The van der Waals surface area contributed by atoms with Crippen LogP contribution < -0.4 is 10.1 Å². The normalized spacial score (nSPS) is 10.5. The SMILES string of the molecule is COc1cccc(CCNCCc2c[nH]c3ccccc23)c1.Cl. The molecule has 3 aromatic rings. The zero-order valence-electron chi connectivity index (χ0n) is 13.3. The van der Waals surface area contributed by atoms with Crippen molar-refractivity contribution in [3.05, 3.63) is 65.9 Å². The first-order valence-corrected chi connectivity index (χ1v) is 7.75. The highest BCUT2D eigenvalue weighted by atomic mass is 35.5. The molecule has 2 N–H and O–H groups in total. The Bertz CT molecular complexity index is 739. The molecule has 0 aliphatic heterocycles. The Hall–Kier alpha value is -1.97. The summed E-state index contributed by atoms with van der Waals surface area (Å²) in [6.07, 6.45) is 4.18. The summed E-state index contributed by atoms with van der Waals surface area (Å²) < 4.78 is 5.25. The van der Waals surface area contributed by atoms with E-state index in [0.717, 1.165) is 31.7 Å². The second-order valence-electron chi connectivity index (χ2n) is 5.46. The van der Waals surface area contributed by atoms with Gasteiger partial charge in [0.05, 0.1) is 7.11 Å². The lowest BCUT2D eigenvalue weighted by molar-refractivity contribution is 0.414. The van der Waals surface area contributed by atoms with Gasteiger partial charge in [-0.2, -0.15) is 0 Å². The number of ether oxygens (including phenoxy) is 1. The molecule has 23 heavy (non-hydrogen) atoms. The van der Waals surface area contributed by atoms with Crippen LogP contribution in [0.2, 0.25) is 0 Å². The fourth-order valence-electron chi connectivity index (χ4n) is 2.75. The third kappa shape index (κ3) is 4.50. The van der Waals surface area contributed by atoms with E-state index in [9.17, 15) is 0 Å². The van der Waals surface area contributed by atoms with Crippen molar-refractivity contribution < 1.29 is 4.74 Å². The van der Waals surface area contributed by atoms with Gasteiger partial charge in [0.25, 0.3) is 0 Å². The third-order valence-corrected chi connectivity index (χ3v) is 3.97. The van der Waals surface area contributed by atoms with Crippen LogP contribution in [0, 0.1) is 0 Å². The highest BCUT2D eigenvalue weighted by molar-refractivity contribution is 5.85. The van der Waals surface area contributed by atoms with E-state index in [4.69, 9.17) is 4.74 Å². The number of para-hydroxylation sites is 1. The van der Waals surface area contributed by atoms with Gasteiger partial charge in [0, 0.05) is 17.1 Å². The Balaban J connectivity index is 0.00000192. The van der Waals surface area contributed by atoms with Crippen LogP contribution in [0.3, 0.4) is 0 Å². The Labute approximate surface area is 143 Å². The minimum atomic E-state index is 0. The first-order valence-electron chi connectivity index (χ1n) is 7.75. The molecular weight excluding hydrogens is 308 g/mol. The zero-order valence-corrected chi connectivity index (χ0v) is 14.2. The maximum Gasteiger partial charge on any atom is 0.119 e. The molecule has 0 bridgehead atoms. The van der Waals surface area contributed by atoms with Gasteiger partial charge in [0.15, 0.2) is 0 Å². The molecule has 3 nitrogen and oxygen atoms in total. The molecule has 0 saturated carbocycles. The molecule has 3 rings (SSSR count). The monoisotopic (exact) mass is 330 g/mol. The van der Waals surface area contributed by atoms with Gasteiger partial charge in [0.2, 0.25) is 0 Å². The van der Waals surface area contributed by atoms with Gasteiger partial charge < -0.3 is 15.0 Å². The molecule has 0 amide bonds. The maximum absolute atomic E-state index is 5.25. The summed E-state index contributed by atoms with van der Waals surface area (Å²) in [4.78, 5) is 3.33. The molecule has 0 atom stereocenters. The predicted molar refractivity (Wildman–Crippen MR) is 98.8 cm³/mol. The van der Waals surface area contributed by atoms with Gasteiger partial charge >= 0.3 is 0 Å². The van der Waals surface area contributed by atoms with E-state index >= 15 is 0 Å². The molecular formula is C19H23ClN2O. The van der Waals surface area contributed by atoms with Gasteiger partial charge in [-0.05, 0) is 55.3 Å². The Morgan fingerprint density at radius 2 is 1.83 bits per heavy atom. The van der Waals surface area contributed by atoms with Crippen molar-refractivity contribution in [2.24, 2.45) is 0 Å². The molecule has 1 aromatic heterocycles. The topological polar surface area (TPSA) is 37.0 Å². The van der Waals surface area contributed by atoms with Crippen molar-refractivity contribution in [2.75, 3.05) is 20.2 Å². The smallest absolute Gasteiger partial charge is 0.119 e. The Morgan fingerprint density at radius 1 is 1.00 bits per heavy atom. The van der Waals surface area contributed by atoms with Crippen molar-refractivity contribution in [3.8, 4) is 5.75 Å². The van der Waals surface area contributed by atoms with E-state index in [0.29, 0.717) is 0 Å². The van der Waals surface area contributed by atoms with Crippen LogP contribution in [0.5, 0.6) is 5.75 Å². The van der Waals surface area contributed by atoms with Gasteiger partial charge in [0.1, 0.15) is 5.75 Å². The van der Waals surface area contributed by atoms with Crippen molar-refractivity contribution >= 4 is 23.3 Å². The summed E-state index contributed by atoms with van der Waals surface area (Å²) in [5.41, 5.74) is 3.90. The van der Waals surface area contributed by atoms with Gasteiger partial charge in [-0.1, -0.05) is 30.3 Å². The van der Waals surface area contributed by atoms with Gasteiger partial charge in [-0.15, -0.1) is 12.4 Å². The lowest BCUT2D eigenvalue weighted by Crippen LogP contribution is -2.20. The number of hydrogen-bond donors (Lipinski definition) is 2. The van der Waals surface area contributed by atoms with Crippen LogP contribution in [0.4, 0.5) is 0 Å². The first-order chi connectivity index (χ1) is 10.9. The molecule has 0 saturated heterocycles.